The molecule has 0 aliphatic heterocycles. The smallest absolute Gasteiger partial charge is 0.0607 e. The molecule has 218 valence electrons. The van der Waals surface area contributed by atoms with Crippen molar-refractivity contribution in [1.29, 1.82) is 0 Å². The number of hydrogen-bond donors (Lipinski definition) is 0. The van der Waals surface area contributed by atoms with E-state index < -0.39 is 0 Å². The maximum atomic E-state index is 2.70. The lowest BCUT2D eigenvalue weighted by Crippen LogP contribution is -2.44. The molecular weight excluding hydrogens is 555 g/mol. The summed E-state index contributed by atoms with van der Waals surface area (Å²) < 4.78 is 0. The van der Waals surface area contributed by atoms with Gasteiger partial charge < -0.3 is 4.90 Å². The first-order chi connectivity index (χ1) is 22.9. The average molecular weight is 588 g/mol. The highest BCUT2D eigenvalue weighted by molar-refractivity contribution is 6.03. The second-order valence-corrected chi connectivity index (χ2v) is 13.1. The van der Waals surface area contributed by atoms with Crippen LogP contribution in [0.1, 0.15) is 34.6 Å². The lowest BCUT2D eigenvalue weighted by atomic mass is 9.62. The molecule has 6 aromatic carbocycles. The minimum absolute atomic E-state index is 0.107. The third kappa shape index (κ3) is 3.35. The molecule has 0 fully saturated rings. The zero-order valence-electron chi connectivity index (χ0n) is 25.6. The summed E-state index contributed by atoms with van der Waals surface area (Å²) in [6.45, 7) is 0. The summed E-state index contributed by atoms with van der Waals surface area (Å²) in [5, 5.41) is 5.09. The van der Waals surface area contributed by atoms with E-state index in [-0.39, 0.29) is 11.5 Å². The molecule has 4 aliphatic carbocycles. The molecule has 0 heterocycles. The third-order valence-electron chi connectivity index (χ3n) is 11.1. The molecule has 0 saturated heterocycles. The molecule has 46 heavy (non-hydrogen) atoms. The number of benzene rings is 6. The summed E-state index contributed by atoms with van der Waals surface area (Å²) in [5.74, 6) is 0.649. The van der Waals surface area contributed by atoms with Gasteiger partial charge in [0, 0.05) is 34.0 Å². The number of hydrogen-bond acceptors (Lipinski definition) is 1. The Balaban J connectivity index is 1.32. The summed E-state index contributed by atoms with van der Waals surface area (Å²) in [6, 6.07) is 50.1. The largest absolute Gasteiger partial charge is 0.333 e. The Labute approximate surface area is 270 Å². The standard InChI is InChI=1S/C45H33N/c1-3-18-32-30(14-1)16-11-27-41(32)46(42-28-12-17-31-15-2-4-19-33(31)42)43-29-13-23-37-36-22-7-10-26-40(36)45(44(37)43)38-24-8-5-20-34(38)35-21-6-9-25-39(35)45/h1-28,34,38,43H,29H2. The minimum Gasteiger partial charge on any atom is -0.333 e. The monoisotopic (exact) mass is 587 g/mol. The predicted octanol–water partition coefficient (Wildman–Crippen LogP) is 11.1. The first-order valence-electron chi connectivity index (χ1n) is 16.6. The molecule has 4 atom stereocenters. The van der Waals surface area contributed by atoms with E-state index in [9.17, 15) is 0 Å². The van der Waals surface area contributed by atoms with Crippen molar-refractivity contribution in [1.82, 2.24) is 0 Å². The van der Waals surface area contributed by atoms with E-state index in [1.54, 1.807) is 0 Å². The van der Waals surface area contributed by atoms with Crippen LogP contribution in [0.2, 0.25) is 0 Å². The van der Waals surface area contributed by atoms with E-state index in [1.165, 1.54) is 66.3 Å². The van der Waals surface area contributed by atoms with Gasteiger partial charge in [-0.1, -0.05) is 158 Å². The van der Waals surface area contributed by atoms with Gasteiger partial charge in [-0.15, -0.1) is 0 Å². The van der Waals surface area contributed by atoms with E-state index >= 15 is 0 Å². The maximum Gasteiger partial charge on any atom is 0.0607 e. The van der Waals surface area contributed by atoms with Crippen molar-refractivity contribution in [2.24, 2.45) is 5.92 Å². The highest BCUT2D eigenvalue weighted by Crippen LogP contribution is 2.66. The topological polar surface area (TPSA) is 3.24 Å². The van der Waals surface area contributed by atoms with Crippen molar-refractivity contribution in [2.45, 2.75) is 23.8 Å². The van der Waals surface area contributed by atoms with Crippen LogP contribution in [0.25, 0.3) is 27.1 Å². The van der Waals surface area contributed by atoms with Crippen molar-refractivity contribution < 1.29 is 0 Å². The van der Waals surface area contributed by atoms with Gasteiger partial charge in [-0.05, 0) is 62.7 Å². The van der Waals surface area contributed by atoms with Crippen LogP contribution in [-0.2, 0) is 5.41 Å². The molecule has 0 aromatic heterocycles. The Hall–Kier alpha value is -5.40. The minimum atomic E-state index is -0.267. The molecule has 0 saturated carbocycles. The molecule has 1 heteroatoms. The molecule has 0 bridgehead atoms. The molecule has 10 rings (SSSR count). The number of rotatable bonds is 3. The van der Waals surface area contributed by atoms with Gasteiger partial charge in [-0.25, -0.2) is 0 Å². The molecule has 4 aliphatic rings. The highest BCUT2D eigenvalue weighted by atomic mass is 15.2. The quantitative estimate of drug-likeness (QED) is 0.199. The van der Waals surface area contributed by atoms with E-state index in [0.717, 1.165) is 6.42 Å². The third-order valence-corrected chi connectivity index (χ3v) is 11.1. The van der Waals surface area contributed by atoms with Crippen molar-refractivity contribution >= 4 is 38.5 Å². The Kier molecular flexibility index (Phi) is 5.51. The fourth-order valence-corrected chi connectivity index (χ4v) is 9.45. The van der Waals surface area contributed by atoms with Crippen LogP contribution in [-0.4, -0.2) is 6.04 Å². The zero-order chi connectivity index (χ0) is 30.2. The molecule has 6 aromatic rings. The van der Waals surface area contributed by atoms with Gasteiger partial charge in [0.1, 0.15) is 0 Å². The number of fused-ring (bicyclic) bond motifs is 11. The van der Waals surface area contributed by atoms with Gasteiger partial charge in [0.25, 0.3) is 0 Å². The fourth-order valence-electron chi connectivity index (χ4n) is 9.45. The molecule has 0 N–H and O–H groups in total. The first-order valence-corrected chi connectivity index (χ1v) is 16.6. The van der Waals surface area contributed by atoms with Crippen molar-refractivity contribution in [3.05, 3.63) is 198 Å². The second kappa shape index (κ2) is 9.80. The Morgan fingerprint density at radius 1 is 0.565 bits per heavy atom. The fraction of sp³-hybridized carbons (Fsp3) is 0.111. The number of anilines is 2. The van der Waals surface area contributed by atoms with Crippen LogP contribution in [0.4, 0.5) is 11.4 Å². The van der Waals surface area contributed by atoms with Gasteiger partial charge >= 0.3 is 0 Å². The van der Waals surface area contributed by atoms with E-state index in [0.29, 0.717) is 11.8 Å². The second-order valence-electron chi connectivity index (χ2n) is 13.1. The Morgan fingerprint density at radius 2 is 1.17 bits per heavy atom. The first kappa shape index (κ1) is 25.9. The molecular formula is C45H33N. The molecule has 0 amide bonds. The summed E-state index contributed by atoms with van der Waals surface area (Å²) in [5.41, 5.74) is 11.0. The summed E-state index contributed by atoms with van der Waals surface area (Å²) >= 11 is 0. The molecule has 1 nitrogen and oxygen atoms in total. The predicted molar refractivity (Wildman–Crippen MR) is 193 cm³/mol. The summed E-state index contributed by atoms with van der Waals surface area (Å²) in [7, 11) is 0. The molecule has 0 radical (unpaired) electrons. The van der Waals surface area contributed by atoms with Crippen LogP contribution >= 0.6 is 0 Å². The van der Waals surface area contributed by atoms with Crippen molar-refractivity contribution in [3.8, 4) is 0 Å². The van der Waals surface area contributed by atoms with E-state index in [1.807, 2.05) is 0 Å². The van der Waals surface area contributed by atoms with Gasteiger partial charge in [-0.3, -0.25) is 0 Å². The number of allylic oxidation sites excluding steroid dienone is 6. The maximum absolute atomic E-state index is 2.70. The van der Waals surface area contributed by atoms with Gasteiger partial charge in [0.2, 0.25) is 0 Å². The lowest BCUT2D eigenvalue weighted by Gasteiger charge is -2.45. The van der Waals surface area contributed by atoms with Gasteiger partial charge in [-0.2, -0.15) is 0 Å². The molecule has 1 spiro atoms. The van der Waals surface area contributed by atoms with E-state index in [4.69, 9.17) is 0 Å². The van der Waals surface area contributed by atoms with Crippen LogP contribution in [0.3, 0.4) is 0 Å². The normalized spacial score (nSPS) is 23.5. The van der Waals surface area contributed by atoms with E-state index in [2.05, 4.69) is 175 Å². The van der Waals surface area contributed by atoms with Crippen molar-refractivity contribution in [2.75, 3.05) is 4.90 Å². The summed E-state index contributed by atoms with van der Waals surface area (Å²) in [6.07, 6.45) is 15.3. The number of nitrogens with zero attached hydrogens (tertiary/aromatic N) is 1. The highest BCUT2D eigenvalue weighted by Gasteiger charge is 2.60. The van der Waals surface area contributed by atoms with Gasteiger partial charge in [0.15, 0.2) is 0 Å². The Bertz CT molecular complexity index is 2240. The van der Waals surface area contributed by atoms with Crippen LogP contribution in [0.5, 0.6) is 0 Å². The molecule has 4 unspecified atom stereocenters. The zero-order valence-corrected chi connectivity index (χ0v) is 25.6. The lowest BCUT2D eigenvalue weighted by molar-refractivity contribution is 0.431. The SMILES string of the molecule is C1=CC2c3ccccc3C3(C4=C(C=CCC4N(c4cccc5ccccc45)c4cccc5ccccc45)c4ccccc43)C2C=C1. The average Bonchev–Trinajstić information content (AvgIpc) is 3.60. The van der Waals surface area contributed by atoms with Gasteiger partial charge in [0.05, 0.1) is 11.5 Å². The van der Waals surface area contributed by atoms with Crippen LogP contribution in [0, 0.1) is 5.92 Å². The van der Waals surface area contributed by atoms with Crippen LogP contribution < -0.4 is 4.90 Å². The van der Waals surface area contributed by atoms with Crippen LogP contribution in [0.15, 0.2) is 175 Å². The Morgan fingerprint density at radius 3 is 1.93 bits per heavy atom. The van der Waals surface area contributed by atoms with Crippen molar-refractivity contribution in [3.63, 3.8) is 0 Å². The summed E-state index contributed by atoms with van der Waals surface area (Å²) in [4.78, 5) is 2.70.